The maximum absolute atomic E-state index is 4.03. The van der Waals surface area contributed by atoms with Gasteiger partial charge in [-0.2, -0.15) is 4.68 Å². The number of benzene rings is 1. The second kappa shape index (κ2) is 5.90. The lowest BCUT2D eigenvalue weighted by Crippen LogP contribution is -2.24. The number of rotatable bonds is 4. The van der Waals surface area contributed by atoms with E-state index in [1.807, 2.05) is 18.2 Å². The maximum Gasteiger partial charge on any atom is 0.170 e. The minimum Gasteiger partial charge on any atom is -0.308 e. The van der Waals surface area contributed by atoms with E-state index in [1.54, 1.807) is 4.68 Å². The highest BCUT2D eigenvalue weighted by molar-refractivity contribution is 9.11. The molecule has 0 amide bonds. The van der Waals surface area contributed by atoms with Gasteiger partial charge < -0.3 is 5.32 Å². The number of hydrogen-bond acceptors (Lipinski definition) is 4. The van der Waals surface area contributed by atoms with Gasteiger partial charge in [-0.25, -0.2) is 0 Å². The number of halogens is 2. The highest BCUT2D eigenvalue weighted by Crippen LogP contribution is 2.24. The summed E-state index contributed by atoms with van der Waals surface area (Å²) in [7, 11) is 0. The molecule has 0 spiro atoms. The highest BCUT2D eigenvalue weighted by Gasteiger charge is 2.11. The third-order valence-corrected chi connectivity index (χ3v) is 3.47. The van der Waals surface area contributed by atoms with Gasteiger partial charge in [0.1, 0.15) is 0 Å². The summed E-state index contributed by atoms with van der Waals surface area (Å²) in [6.07, 6.45) is 0. The van der Waals surface area contributed by atoms with Gasteiger partial charge >= 0.3 is 0 Å². The second-order valence-electron chi connectivity index (χ2n) is 4.14. The predicted molar refractivity (Wildman–Crippen MR) is 76.5 cm³/mol. The van der Waals surface area contributed by atoms with E-state index < -0.39 is 0 Å². The Bertz CT molecular complexity index is 538. The van der Waals surface area contributed by atoms with Crippen LogP contribution < -0.4 is 5.32 Å². The van der Waals surface area contributed by atoms with Crippen molar-refractivity contribution in [3.05, 3.63) is 33.0 Å². The summed E-state index contributed by atoms with van der Waals surface area (Å²) in [6, 6.07) is 6.28. The van der Waals surface area contributed by atoms with Crippen LogP contribution in [0.3, 0.4) is 0 Å². The minimum absolute atomic E-state index is 0.392. The van der Waals surface area contributed by atoms with Gasteiger partial charge in [-0.05, 0) is 44.6 Å². The lowest BCUT2D eigenvalue weighted by molar-refractivity contribution is 0.563. The van der Waals surface area contributed by atoms with E-state index in [1.165, 1.54) is 0 Å². The van der Waals surface area contributed by atoms with Crippen LogP contribution in [0, 0.1) is 0 Å². The SMILES string of the molecule is CC(C)NCc1nnnn1-c1ccc(Br)cc1Br. The van der Waals surface area contributed by atoms with Crippen molar-refractivity contribution in [2.24, 2.45) is 0 Å². The number of hydrogen-bond donors (Lipinski definition) is 1. The average Bonchev–Trinajstić information content (AvgIpc) is 2.74. The zero-order valence-electron chi connectivity index (χ0n) is 10.1. The first kappa shape index (κ1) is 13.6. The summed E-state index contributed by atoms with van der Waals surface area (Å²) in [5, 5.41) is 15.1. The molecule has 1 aromatic carbocycles. The predicted octanol–water partition coefficient (Wildman–Crippen LogP) is 2.69. The van der Waals surface area contributed by atoms with Crippen molar-refractivity contribution in [2.45, 2.75) is 26.4 Å². The zero-order chi connectivity index (χ0) is 13.1. The first-order valence-electron chi connectivity index (χ1n) is 5.54. The molecule has 1 aromatic heterocycles. The molecule has 0 aliphatic rings. The van der Waals surface area contributed by atoms with Gasteiger partial charge in [0.15, 0.2) is 5.82 Å². The Hall–Kier alpha value is -0.790. The van der Waals surface area contributed by atoms with Crippen molar-refractivity contribution in [3.8, 4) is 5.69 Å². The fourth-order valence-corrected chi connectivity index (χ4v) is 2.67. The Morgan fingerprint density at radius 3 is 2.78 bits per heavy atom. The molecule has 1 heterocycles. The fraction of sp³-hybridized carbons (Fsp3) is 0.364. The Morgan fingerprint density at radius 2 is 2.11 bits per heavy atom. The molecule has 0 radical (unpaired) electrons. The van der Waals surface area contributed by atoms with Crippen LogP contribution in [-0.2, 0) is 6.54 Å². The van der Waals surface area contributed by atoms with Crippen molar-refractivity contribution >= 4 is 31.9 Å². The van der Waals surface area contributed by atoms with E-state index in [4.69, 9.17) is 0 Å². The molecule has 0 saturated carbocycles. The first-order chi connectivity index (χ1) is 8.58. The fourth-order valence-electron chi connectivity index (χ4n) is 1.45. The van der Waals surface area contributed by atoms with Crippen molar-refractivity contribution < 1.29 is 0 Å². The Morgan fingerprint density at radius 1 is 1.33 bits per heavy atom. The van der Waals surface area contributed by atoms with E-state index in [0.717, 1.165) is 20.5 Å². The van der Waals surface area contributed by atoms with Gasteiger partial charge in [-0.1, -0.05) is 29.8 Å². The standard InChI is InChI=1S/C11H13Br2N5/c1-7(2)14-6-11-15-16-17-18(11)10-4-3-8(12)5-9(10)13/h3-5,7,14H,6H2,1-2H3. The molecule has 0 unspecified atom stereocenters. The van der Waals surface area contributed by atoms with Crippen LogP contribution in [-0.4, -0.2) is 26.2 Å². The van der Waals surface area contributed by atoms with Crippen LogP contribution in [0.1, 0.15) is 19.7 Å². The molecule has 0 saturated heterocycles. The number of aromatic nitrogens is 4. The number of nitrogens with zero attached hydrogens (tertiary/aromatic N) is 4. The molecule has 0 fully saturated rings. The average molecular weight is 375 g/mol. The van der Waals surface area contributed by atoms with E-state index >= 15 is 0 Å². The van der Waals surface area contributed by atoms with Gasteiger partial charge in [0, 0.05) is 15.0 Å². The van der Waals surface area contributed by atoms with Crippen molar-refractivity contribution in [1.29, 1.82) is 0 Å². The molecule has 96 valence electrons. The van der Waals surface area contributed by atoms with Gasteiger partial charge in [0.05, 0.1) is 12.2 Å². The van der Waals surface area contributed by atoms with Crippen molar-refractivity contribution in [3.63, 3.8) is 0 Å². The number of tetrazole rings is 1. The third-order valence-electron chi connectivity index (χ3n) is 2.34. The van der Waals surface area contributed by atoms with Crippen LogP contribution in [0.5, 0.6) is 0 Å². The van der Waals surface area contributed by atoms with Crippen LogP contribution in [0.4, 0.5) is 0 Å². The summed E-state index contributed by atoms with van der Waals surface area (Å²) in [4.78, 5) is 0. The zero-order valence-corrected chi connectivity index (χ0v) is 13.2. The molecule has 1 N–H and O–H groups in total. The smallest absolute Gasteiger partial charge is 0.170 e. The normalized spacial score (nSPS) is 11.2. The maximum atomic E-state index is 4.03. The lowest BCUT2D eigenvalue weighted by Gasteiger charge is -2.09. The largest absolute Gasteiger partial charge is 0.308 e. The lowest BCUT2D eigenvalue weighted by atomic mass is 10.3. The molecular weight excluding hydrogens is 362 g/mol. The highest BCUT2D eigenvalue weighted by atomic mass is 79.9. The molecule has 0 aliphatic carbocycles. The molecule has 0 atom stereocenters. The topological polar surface area (TPSA) is 55.6 Å². The van der Waals surface area contributed by atoms with Crippen LogP contribution >= 0.6 is 31.9 Å². The molecule has 0 aliphatic heterocycles. The molecule has 0 bridgehead atoms. The third kappa shape index (κ3) is 3.15. The first-order valence-corrected chi connectivity index (χ1v) is 7.12. The molecule has 2 aromatic rings. The molecule has 5 nitrogen and oxygen atoms in total. The summed E-state index contributed by atoms with van der Waals surface area (Å²) in [6.45, 7) is 4.81. The number of nitrogens with one attached hydrogen (secondary N) is 1. The summed E-state index contributed by atoms with van der Waals surface area (Å²) < 4.78 is 3.68. The van der Waals surface area contributed by atoms with E-state index in [-0.39, 0.29) is 0 Å². The van der Waals surface area contributed by atoms with Gasteiger partial charge in [0.25, 0.3) is 0 Å². The van der Waals surface area contributed by atoms with Gasteiger partial charge in [-0.15, -0.1) is 5.10 Å². The van der Waals surface area contributed by atoms with Gasteiger partial charge in [0.2, 0.25) is 0 Å². The summed E-state index contributed by atoms with van der Waals surface area (Å²) >= 11 is 6.94. The van der Waals surface area contributed by atoms with Crippen LogP contribution in [0.25, 0.3) is 5.69 Å². The monoisotopic (exact) mass is 373 g/mol. The molecule has 7 heteroatoms. The van der Waals surface area contributed by atoms with Crippen LogP contribution in [0.15, 0.2) is 27.1 Å². The van der Waals surface area contributed by atoms with E-state index in [2.05, 4.69) is 66.5 Å². The van der Waals surface area contributed by atoms with Crippen LogP contribution in [0.2, 0.25) is 0 Å². The molecular formula is C11H13Br2N5. The summed E-state index contributed by atoms with van der Waals surface area (Å²) in [5.74, 6) is 0.784. The molecule has 18 heavy (non-hydrogen) atoms. The van der Waals surface area contributed by atoms with Gasteiger partial charge in [-0.3, -0.25) is 0 Å². The minimum atomic E-state index is 0.392. The summed E-state index contributed by atoms with van der Waals surface area (Å²) in [5.41, 5.74) is 0.920. The van der Waals surface area contributed by atoms with E-state index in [0.29, 0.717) is 12.6 Å². The quantitative estimate of drug-likeness (QED) is 0.893. The Kier molecular flexibility index (Phi) is 4.47. The molecule has 2 rings (SSSR count). The second-order valence-corrected chi connectivity index (χ2v) is 5.91. The Labute approximate surface area is 122 Å². The Balaban J connectivity index is 2.30. The van der Waals surface area contributed by atoms with Crippen molar-refractivity contribution in [2.75, 3.05) is 0 Å². The van der Waals surface area contributed by atoms with E-state index in [9.17, 15) is 0 Å². The van der Waals surface area contributed by atoms with Crippen molar-refractivity contribution in [1.82, 2.24) is 25.5 Å².